The second-order valence-electron chi connectivity index (χ2n) is 6.53. The molecule has 0 atom stereocenters. The third-order valence-corrected chi connectivity index (χ3v) is 3.81. The van der Waals surface area contributed by atoms with E-state index in [2.05, 4.69) is 50.3 Å². The highest BCUT2D eigenvalue weighted by molar-refractivity contribution is 14.0. The van der Waals surface area contributed by atoms with E-state index in [-0.39, 0.29) is 35.9 Å². The molecule has 0 unspecified atom stereocenters. The Balaban J connectivity index is 0.00000392. The van der Waals surface area contributed by atoms with E-state index in [4.69, 9.17) is 0 Å². The Morgan fingerprint density at radius 1 is 1.21 bits per heavy atom. The number of halogens is 1. The van der Waals surface area contributed by atoms with Crippen molar-refractivity contribution in [1.29, 1.82) is 0 Å². The van der Waals surface area contributed by atoms with E-state index >= 15 is 0 Å². The molecule has 1 aromatic carbocycles. The summed E-state index contributed by atoms with van der Waals surface area (Å²) in [6.45, 7) is 7.94. The molecule has 0 spiro atoms. The number of amides is 1. The normalized spacial score (nSPS) is 11.1. The first-order valence-electron chi connectivity index (χ1n) is 9.49. The average Bonchev–Trinajstić information content (AvgIpc) is 3.16. The Hall–Kier alpha value is -2.10. The van der Waals surface area contributed by atoms with Crippen LogP contribution < -0.4 is 16.0 Å². The zero-order valence-electron chi connectivity index (χ0n) is 16.8. The number of aromatic nitrogens is 2. The van der Waals surface area contributed by atoms with Gasteiger partial charge in [0, 0.05) is 37.9 Å². The summed E-state index contributed by atoms with van der Waals surface area (Å²) >= 11 is 0. The van der Waals surface area contributed by atoms with Gasteiger partial charge in [-0.25, -0.2) is 4.68 Å². The van der Waals surface area contributed by atoms with Crippen LogP contribution in [0.2, 0.25) is 0 Å². The number of hydrogen-bond acceptors (Lipinski definition) is 3. The van der Waals surface area contributed by atoms with Gasteiger partial charge in [-0.2, -0.15) is 5.10 Å². The highest BCUT2D eigenvalue weighted by Crippen LogP contribution is 2.08. The van der Waals surface area contributed by atoms with Crippen LogP contribution in [0.3, 0.4) is 0 Å². The number of carbonyl (C=O) groups excluding carboxylic acids is 1. The minimum atomic E-state index is 0. The summed E-state index contributed by atoms with van der Waals surface area (Å²) in [5, 5.41) is 13.6. The number of hydrogen-bond donors (Lipinski definition) is 3. The van der Waals surface area contributed by atoms with Crippen molar-refractivity contribution in [3.05, 3.63) is 48.3 Å². The SMILES string of the molecule is CCNC(=NCCC(=O)NC(C)C)NCCc1ccc(-n2cccn2)cc1.I. The Kier molecular flexibility index (Phi) is 11.2. The maximum atomic E-state index is 11.7. The second-order valence-corrected chi connectivity index (χ2v) is 6.53. The van der Waals surface area contributed by atoms with Gasteiger partial charge >= 0.3 is 0 Å². The third kappa shape index (κ3) is 8.73. The van der Waals surface area contributed by atoms with Gasteiger partial charge in [0.2, 0.25) is 5.91 Å². The van der Waals surface area contributed by atoms with Crippen LogP contribution in [0.1, 0.15) is 32.8 Å². The first kappa shape index (κ1) is 23.9. The average molecular weight is 498 g/mol. The maximum absolute atomic E-state index is 11.7. The van der Waals surface area contributed by atoms with Gasteiger partial charge in [-0.15, -0.1) is 24.0 Å². The molecule has 1 amide bonds. The molecule has 3 N–H and O–H groups in total. The Morgan fingerprint density at radius 3 is 2.57 bits per heavy atom. The molecule has 0 saturated carbocycles. The minimum absolute atomic E-state index is 0. The Morgan fingerprint density at radius 2 is 1.96 bits per heavy atom. The van der Waals surface area contributed by atoms with Crippen LogP contribution in [0, 0.1) is 0 Å². The number of nitrogens with zero attached hydrogens (tertiary/aromatic N) is 3. The van der Waals surface area contributed by atoms with Crippen molar-refractivity contribution in [2.75, 3.05) is 19.6 Å². The molecular formula is C20H31IN6O. The third-order valence-electron chi connectivity index (χ3n) is 3.81. The number of rotatable bonds is 9. The molecule has 0 aliphatic rings. The van der Waals surface area contributed by atoms with Crippen molar-refractivity contribution in [3.8, 4) is 5.69 Å². The number of benzene rings is 1. The molecular weight excluding hydrogens is 467 g/mol. The van der Waals surface area contributed by atoms with Gasteiger partial charge in [0.1, 0.15) is 0 Å². The molecule has 1 aromatic heterocycles. The van der Waals surface area contributed by atoms with Crippen LogP contribution >= 0.6 is 24.0 Å². The van der Waals surface area contributed by atoms with Crippen LogP contribution in [-0.2, 0) is 11.2 Å². The molecule has 2 rings (SSSR count). The largest absolute Gasteiger partial charge is 0.357 e. The fourth-order valence-electron chi connectivity index (χ4n) is 2.57. The number of nitrogens with one attached hydrogen (secondary N) is 3. The molecule has 0 aliphatic heterocycles. The van der Waals surface area contributed by atoms with E-state index in [1.54, 1.807) is 6.20 Å². The predicted molar refractivity (Wildman–Crippen MR) is 125 cm³/mol. The standard InChI is InChI=1S/C20H30N6O.HI/c1-4-21-20(23-14-11-19(27)25-16(2)3)22-13-10-17-6-8-18(9-7-17)26-15-5-12-24-26;/h5-9,12,15-16H,4,10-11,13-14H2,1-3H3,(H,25,27)(H2,21,22,23);1H. The molecule has 0 radical (unpaired) electrons. The molecule has 0 bridgehead atoms. The van der Waals surface area contributed by atoms with Crippen molar-refractivity contribution in [2.24, 2.45) is 4.99 Å². The summed E-state index contributed by atoms with van der Waals surface area (Å²) in [7, 11) is 0. The van der Waals surface area contributed by atoms with Gasteiger partial charge in [0.15, 0.2) is 5.96 Å². The van der Waals surface area contributed by atoms with Crippen molar-refractivity contribution in [1.82, 2.24) is 25.7 Å². The lowest BCUT2D eigenvalue weighted by Gasteiger charge is -2.12. The molecule has 0 fully saturated rings. The summed E-state index contributed by atoms with van der Waals surface area (Å²) in [4.78, 5) is 16.1. The predicted octanol–water partition coefficient (Wildman–Crippen LogP) is 2.50. The zero-order valence-corrected chi connectivity index (χ0v) is 19.1. The van der Waals surface area contributed by atoms with Gasteiger partial charge in [-0.3, -0.25) is 9.79 Å². The number of aliphatic imine (C=N–C) groups is 1. The van der Waals surface area contributed by atoms with Crippen LogP contribution in [0.5, 0.6) is 0 Å². The second kappa shape index (κ2) is 13.1. The smallest absolute Gasteiger partial charge is 0.222 e. The monoisotopic (exact) mass is 498 g/mol. The van der Waals surface area contributed by atoms with Gasteiger partial charge in [-0.1, -0.05) is 12.1 Å². The van der Waals surface area contributed by atoms with Gasteiger partial charge in [0.25, 0.3) is 0 Å². The van der Waals surface area contributed by atoms with Crippen molar-refractivity contribution in [2.45, 2.75) is 39.7 Å². The van der Waals surface area contributed by atoms with Crippen molar-refractivity contribution < 1.29 is 4.79 Å². The van der Waals surface area contributed by atoms with E-state index < -0.39 is 0 Å². The van der Waals surface area contributed by atoms with Crippen LogP contribution in [0.15, 0.2) is 47.7 Å². The first-order chi connectivity index (χ1) is 13.1. The molecule has 8 heteroatoms. The van der Waals surface area contributed by atoms with Gasteiger partial charge in [-0.05, 0) is 51.0 Å². The van der Waals surface area contributed by atoms with Gasteiger partial charge in [0.05, 0.1) is 12.2 Å². The summed E-state index contributed by atoms with van der Waals surface area (Å²) in [5.41, 5.74) is 2.29. The highest BCUT2D eigenvalue weighted by Gasteiger charge is 2.03. The van der Waals surface area contributed by atoms with Crippen molar-refractivity contribution >= 4 is 35.8 Å². The first-order valence-corrected chi connectivity index (χ1v) is 9.49. The van der Waals surface area contributed by atoms with Crippen LogP contribution in [-0.4, -0.2) is 47.3 Å². The van der Waals surface area contributed by atoms with Crippen LogP contribution in [0.25, 0.3) is 5.69 Å². The van der Waals surface area contributed by atoms with E-state index in [0.717, 1.165) is 31.2 Å². The fraction of sp³-hybridized carbons (Fsp3) is 0.450. The lowest BCUT2D eigenvalue weighted by Crippen LogP contribution is -2.38. The lowest BCUT2D eigenvalue weighted by molar-refractivity contribution is -0.121. The highest BCUT2D eigenvalue weighted by atomic mass is 127. The quantitative estimate of drug-likeness (QED) is 0.282. The van der Waals surface area contributed by atoms with Crippen LogP contribution in [0.4, 0.5) is 0 Å². The summed E-state index contributed by atoms with van der Waals surface area (Å²) in [6.07, 6.45) is 4.98. The van der Waals surface area contributed by atoms with E-state index in [1.165, 1.54) is 5.56 Å². The molecule has 28 heavy (non-hydrogen) atoms. The van der Waals surface area contributed by atoms with E-state index in [1.807, 2.05) is 37.7 Å². The molecule has 0 saturated heterocycles. The van der Waals surface area contributed by atoms with E-state index in [0.29, 0.717) is 13.0 Å². The number of carbonyl (C=O) groups is 1. The maximum Gasteiger partial charge on any atom is 0.222 e. The molecule has 1 heterocycles. The summed E-state index contributed by atoms with van der Waals surface area (Å²) in [5.74, 6) is 0.768. The molecule has 7 nitrogen and oxygen atoms in total. The topological polar surface area (TPSA) is 83.3 Å². The number of guanidine groups is 1. The fourth-order valence-corrected chi connectivity index (χ4v) is 2.57. The molecule has 0 aliphatic carbocycles. The molecule has 154 valence electrons. The Labute approximate surface area is 184 Å². The van der Waals surface area contributed by atoms with E-state index in [9.17, 15) is 4.79 Å². The lowest BCUT2D eigenvalue weighted by atomic mass is 10.1. The zero-order chi connectivity index (χ0) is 19.5. The van der Waals surface area contributed by atoms with Crippen molar-refractivity contribution in [3.63, 3.8) is 0 Å². The summed E-state index contributed by atoms with van der Waals surface area (Å²) in [6, 6.07) is 10.4. The molecule has 2 aromatic rings. The summed E-state index contributed by atoms with van der Waals surface area (Å²) < 4.78 is 1.84. The Bertz CT molecular complexity index is 713. The van der Waals surface area contributed by atoms with Gasteiger partial charge < -0.3 is 16.0 Å². The minimum Gasteiger partial charge on any atom is -0.357 e.